The lowest BCUT2D eigenvalue weighted by Crippen LogP contribution is -2.24. The van der Waals surface area contributed by atoms with Gasteiger partial charge in [-0.05, 0) is 48.0 Å². The fourth-order valence-corrected chi connectivity index (χ4v) is 3.26. The van der Waals surface area contributed by atoms with Crippen molar-refractivity contribution in [2.45, 2.75) is 6.54 Å². The molecule has 0 radical (unpaired) electrons. The molecule has 9 heteroatoms. The maximum Gasteiger partial charge on any atom is 0.262 e. The van der Waals surface area contributed by atoms with Gasteiger partial charge in [-0.15, -0.1) is 0 Å². The van der Waals surface area contributed by atoms with Crippen LogP contribution in [0.3, 0.4) is 0 Å². The molecule has 3 aromatic carbocycles. The number of nitrogens with one attached hydrogen (secondary N) is 1. The van der Waals surface area contributed by atoms with Gasteiger partial charge in [-0.2, -0.15) is 0 Å². The van der Waals surface area contributed by atoms with Crippen LogP contribution in [0.25, 0.3) is 0 Å². The zero-order chi connectivity index (χ0) is 23.1. The Kier molecular flexibility index (Phi) is 7.74. The highest BCUT2D eigenvalue weighted by atomic mass is 35.5. The lowest BCUT2D eigenvalue weighted by molar-refractivity contribution is -0.118. The number of para-hydroxylation sites is 1. The van der Waals surface area contributed by atoms with Crippen molar-refractivity contribution in [1.29, 1.82) is 0 Å². The molecular formula is C23H23ClN2O5S. The molecule has 0 aliphatic carbocycles. The first-order valence-electron chi connectivity index (χ1n) is 9.66. The van der Waals surface area contributed by atoms with Crippen LogP contribution in [0.15, 0.2) is 72.8 Å². The maximum atomic E-state index is 12.4. The van der Waals surface area contributed by atoms with Crippen LogP contribution < -0.4 is 14.8 Å². The molecule has 168 valence electrons. The van der Waals surface area contributed by atoms with Gasteiger partial charge >= 0.3 is 0 Å². The van der Waals surface area contributed by atoms with Crippen LogP contribution in [0.4, 0.5) is 5.69 Å². The number of anilines is 1. The number of ether oxygens (including phenoxy) is 2. The second-order valence-electron chi connectivity index (χ2n) is 7.06. The van der Waals surface area contributed by atoms with Crippen LogP contribution in [0, 0.1) is 0 Å². The second kappa shape index (κ2) is 10.5. The summed E-state index contributed by atoms with van der Waals surface area (Å²) in [6.07, 6.45) is 1.15. The molecule has 0 saturated heterocycles. The Hall–Kier alpha value is -3.07. The van der Waals surface area contributed by atoms with Gasteiger partial charge in [0.15, 0.2) is 12.4 Å². The highest BCUT2D eigenvalue weighted by Gasteiger charge is 2.13. The number of carbonyl (C=O) groups excluding carboxylic acids is 1. The van der Waals surface area contributed by atoms with Gasteiger partial charge in [-0.25, -0.2) is 12.7 Å². The van der Waals surface area contributed by atoms with E-state index in [4.69, 9.17) is 21.1 Å². The fourth-order valence-electron chi connectivity index (χ4n) is 2.71. The van der Waals surface area contributed by atoms with E-state index in [0.29, 0.717) is 28.0 Å². The number of carbonyl (C=O) groups is 1. The molecule has 32 heavy (non-hydrogen) atoms. The minimum atomic E-state index is -3.26. The third-order valence-corrected chi connectivity index (χ3v) is 5.95. The first kappa shape index (κ1) is 23.6. The molecule has 7 nitrogen and oxygen atoms in total. The van der Waals surface area contributed by atoms with Crippen LogP contribution in [0.1, 0.15) is 5.56 Å². The zero-order valence-corrected chi connectivity index (χ0v) is 19.2. The standard InChI is InChI=1S/C23H23ClN2O5S/c1-26(32(2,28)29)15-17-8-11-19(12-9-17)30-16-23(27)25-21-14-18(24)10-13-22(21)31-20-6-4-3-5-7-20/h3-14H,15-16H2,1-2H3,(H,25,27). The molecule has 0 fully saturated rings. The third-order valence-electron chi connectivity index (χ3n) is 4.45. The number of halogens is 1. The van der Waals surface area contributed by atoms with E-state index in [2.05, 4.69) is 5.32 Å². The van der Waals surface area contributed by atoms with Gasteiger partial charge in [0.2, 0.25) is 10.0 Å². The number of hydrogen-bond donors (Lipinski definition) is 1. The summed E-state index contributed by atoms with van der Waals surface area (Å²) >= 11 is 6.08. The summed E-state index contributed by atoms with van der Waals surface area (Å²) in [5.41, 5.74) is 1.23. The average molecular weight is 475 g/mol. The molecular weight excluding hydrogens is 452 g/mol. The van der Waals surface area contributed by atoms with E-state index in [0.717, 1.165) is 11.8 Å². The Bertz CT molecular complexity index is 1170. The van der Waals surface area contributed by atoms with Gasteiger partial charge < -0.3 is 14.8 Å². The Balaban J connectivity index is 1.59. The van der Waals surface area contributed by atoms with Crippen LogP contribution in [-0.2, 0) is 21.4 Å². The lowest BCUT2D eigenvalue weighted by Gasteiger charge is -2.15. The largest absolute Gasteiger partial charge is 0.484 e. The summed E-state index contributed by atoms with van der Waals surface area (Å²) in [6, 6.07) is 21.0. The van der Waals surface area contributed by atoms with E-state index >= 15 is 0 Å². The van der Waals surface area contributed by atoms with Crippen LogP contribution in [0.2, 0.25) is 5.02 Å². The summed E-state index contributed by atoms with van der Waals surface area (Å²) in [5, 5.41) is 3.20. The van der Waals surface area contributed by atoms with Gasteiger partial charge in [0.1, 0.15) is 11.5 Å². The molecule has 1 amide bonds. The zero-order valence-electron chi connectivity index (χ0n) is 17.6. The molecule has 0 bridgehead atoms. The molecule has 3 aromatic rings. The van der Waals surface area contributed by atoms with E-state index in [9.17, 15) is 13.2 Å². The van der Waals surface area contributed by atoms with Crippen molar-refractivity contribution in [3.05, 3.63) is 83.4 Å². The van der Waals surface area contributed by atoms with E-state index in [1.165, 1.54) is 11.4 Å². The molecule has 0 atom stereocenters. The van der Waals surface area contributed by atoms with Crippen LogP contribution in [0.5, 0.6) is 17.2 Å². The van der Waals surface area contributed by atoms with Crippen molar-refractivity contribution in [3.63, 3.8) is 0 Å². The first-order valence-corrected chi connectivity index (χ1v) is 11.9. The highest BCUT2D eigenvalue weighted by Crippen LogP contribution is 2.32. The molecule has 0 spiro atoms. The Morgan fingerprint density at radius 3 is 2.34 bits per heavy atom. The number of rotatable bonds is 9. The molecule has 0 saturated carbocycles. The maximum absolute atomic E-state index is 12.4. The molecule has 0 aliphatic heterocycles. The van der Waals surface area contributed by atoms with Crippen molar-refractivity contribution in [2.75, 3.05) is 25.2 Å². The highest BCUT2D eigenvalue weighted by molar-refractivity contribution is 7.88. The quantitative estimate of drug-likeness (QED) is 0.492. The average Bonchev–Trinajstić information content (AvgIpc) is 2.75. The SMILES string of the molecule is CN(Cc1ccc(OCC(=O)Nc2cc(Cl)ccc2Oc2ccccc2)cc1)S(C)(=O)=O. The van der Waals surface area contributed by atoms with Gasteiger partial charge in [-0.3, -0.25) is 4.79 Å². The Labute approximate surface area is 192 Å². The van der Waals surface area contributed by atoms with Crippen molar-refractivity contribution in [3.8, 4) is 17.2 Å². The van der Waals surface area contributed by atoms with Crippen molar-refractivity contribution in [2.24, 2.45) is 0 Å². The lowest BCUT2D eigenvalue weighted by atomic mass is 10.2. The Morgan fingerprint density at radius 1 is 1.00 bits per heavy atom. The summed E-state index contributed by atoms with van der Waals surface area (Å²) in [4.78, 5) is 12.4. The number of nitrogens with zero attached hydrogens (tertiary/aromatic N) is 1. The second-order valence-corrected chi connectivity index (χ2v) is 9.58. The summed E-state index contributed by atoms with van der Waals surface area (Å²) in [6.45, 7) is 0.0262. The topological polar surface area (TPSA) is 84.9 Å². The predicted octanol–water partition coefficient (Wildman–Crippen LogP) is 4.54. The van der Waals surface area contributed by atoms with E-state index in [-0.39, 0.29) is 19.1 Å². The minimum Gasteiger partial charge on any atom is -0.484 e. The van der Waals surface area contributed by atoms with Crippen LogP contribution >= 0.6 is 11.6 Å². The van der Waals surface area contributed by atoms with E-state index in [1.54, 1.807) is 54.6 Å². The number of amides is 1. The number of sulfonamides is 1. The summed E-state index contributed by atoms with van der Waals surface area (Å²) in [5.74, 6) is 1.18. The predicted molar refractivity (Wildman–Crippen MR) is 125 cm³/mol. The monoisotopic (exact) mass is 474 g/mol. The van der Waals surface area contributed by atoms with E-state index < -0.39 is 10.0 Å². The number of hydrogen-bond acceptors (Lipinski definition) is 5. The van der Waals surface area contributed by atoms with Crippen molar-refractivity contribution in [1.82, 2.24) is 4.31 Å². The number of benzene rings is 3. The molecule has 3 rings (SSSR count). The molecule has 0 aromatic heterocycles. The van der Waals surface area contributed by atoms with Crippen molar-refractivity contribution >= 4 is 33.2 Å². The smallest absolute Gasteiger partial charge is 0.262 e. The van der Waals surface area contributed by atoms with Gasteiger partial charge in [0.05, 0.1) is 11.9 Å². The summed E-state index contributed by atoms with van der Waals surface area (Å²) in [7, 11) is -1.75. The van der Waals surface area contributed by atoms with Gasteiger partial charge in [0, 0.05) is 18.6 Å². The van der Waals surface area contributed by atoms with Gasteiger partial charge in [0.25, 0.3) is 5.91 Å². The minimum absolute atomic E-state index is 0.222. The molecule has 0 heterocycles. The van der Waals surface area contributed by atoms with Crippen molar-refractivity contribution < 1.29 is 22.7 Å². The molecule has 0 aliphatic rings. The third kappa shape index (κ3) is 6.98. The van der Waals surface area contributed by atoms with Gasteiger partial charge in [-0.1, -0.05) is 41.9 Å². The normalized spacial score (nSPS) is 11.2. The van der Waals surface area contributed by atoms with E-state index in [1.807, 2.05) is 18.2 Å². The summed E-state index contributed by atoms with van der Waals surface area (Å²) < 4.78 is 35.7. The van der Waals surface area contributed by atoms with Crippen LogP contribution in [-0.4, -0.2) is 38.5 Å². The first-order chi connectivity index (χ1) is 15.2. The molecule has 0 unspecified atom stereocenters. The Morgan fingerprint density at radius 2 is 1.69 bits per heavy atom. The molecule has 1 N–H and O–H groups in total. The fraction of sp³-hybridized carbons (Fsp3) is 0.174.